The van der Waals surface area contributed by atoms with Crippen LogP contribution in [0.2, 0.25) is 56.5 Å². The summed E-state index contributed by atoms with van der Waals surface area (Å²) in [4.78, 5) is 26.9. The molecule has 1 aliphatic rings. The van der Waals surface area contributed by atoms with Gasteiger partial charge < -0.3 is 33.5 Å². The number of aromatic nitrogens is 4. The van der Waals surface area contributed by atoms with E-state index in [-0.39, 0.29) is 30.1 Å². The third-order valence-electron chi connectivity index (χ3n) is 8.89. The first kappa shape index (κ1) is 42.0. The van der Waals surface area contributed by atoms with Crippen LogP contribution in [0, 0.1) is 0 Å². The van der Waals surface area contributed by atoms with E-state index in [1.807, 2.05) is 36.3 Å². The monoisotopic (exact) mass is 776 g/mol. The van der Waals surface area contributed by atoms with E-state index in [1.54, 1.807) is 19.5 Å². The van der Waals surface area contributed by atoms with Crippen molar-refractivity contribution in [2.75, 3.05) is 45.5 Å². The van der Waals surface area contributed by atoms with Crippen LogP contribution in [-0.4, -0.2) is 105 Å². The molecule has 0 spiro atoms. The van der Waals surface area contributed by atoms with Crippen molar-refractivity contribution in [3.05, 3.63) is 35.4 Å². The van der Waals surface area contributed by atoms with E-state index in [1.165, 1.54) is 0 Å². The standard InChI is InChI=1S/C37H61ClN6O6Si2/c1-27-12-14-30(43(27)36(45)50-37(2,3)4)15-13-29-21-33(42(24-47-16-18-51(6,7)8)25-48-17-19-52(9,10)11)44-35(41-29)31(23-40-44)28-20-32(49-26-46-5)34(38)39-22-28/h20-23,27,30H,12-19,24-26H2,1-11H3. The van der Waals surface area contributed by atoms with Gasteiger partial charge in [-0.1, -0.05) is 50.9 Å². The molecular weight excluding hydrogens is 716 g/mol. The highest BCUT2D eigenvalue weighted by atomic mass is 35.5. The zero-order valence-corrected chi connectivity index (χ0v) is 36.0. The average Bonchev–Trinajstić information content (AvgIpc) is 3.63. The number of halogens is 1. The maximum Gasteiger partial charge on any atom is 0.410 e. The summed E-state index contributed by atoms with van der Waals surface area (Å²) in [6.45, 7) is 24.0. The Morgan fingerprint density at radius 3 is 2.25 bits per heavy atom. The maximum absolute atomic E-state index is 13.3. The van der Waals surface area contributed by atoms with E-state index < -0.39 is 21.7 Å². The first-order valence-electron chi connectivity index (χ1n) is 18.4. The number of hydrogen-bond acceptors (Lipinski definition) is 10. The molecule has 0 N–H and O–H groups in total. The second-order valence-electron chi connectivity index (χ2n) is 17.2. The van der Waals surface area contributed by atoms with Gasteiger partial charge in [-0.3, -0.25) is 0 Å². The van der Waals surface area contributed by atoms with Gasteiger partial charge in [-0.05, 0) is 71.5 Å². The van der Waals surface area contributed by atoms with Crippen LogP contribution in [0.1, 0.15) is 52.7 Å². The van der Waals surface area contributed by atoms with Crippen molar-refractivity contribution in [3.63, 3.8) is 0 Å². The van der Waals surface area contributed by atoms with Gasteiger partial charge in [0.25, 0.3) is 0 Å². The molecule has 4 heterocycles. The molecule has 1 amide bonds. The summed E-state index contributed by atoms with van der Waals surface area (Å²) in [6.07, 6.45) is 6.46. The Morgan fingerprint density at radius 1 is 1.00 bits per heavy atom. The van der Waals surface area contributed by atoms with E-state index in [2.05, 4.69) is 62.2 Å². The van der Waals surface area contributed by atoms with Gasteiger partial charge in [-0.2, -0.15) is 9.61 Å². The molecule has 1 saturated heterocycles. The highest BCUT2D eigenvalue weighted by molar-refractivity contribution is 6.76. The molecule has 1 aliphatic heterocycles. The van der Waals surface area contributed by atoms with E-state index in [0.29, 0.717) is 44.5 Å². The first-order valence-corrected chi connectivity index (χ1v) is 26.2. The molecule has 1 fully saturated rings. The number of fused-ring (bicyclic) bond motifs is 1. The highest BCUT2D eigenvalue weighted by Crippen LogP contribution is 2.33. The Labute approximate surface area is 317 Å². The number of aryl methyl sites for hydroxylation is 1. The number of likely N-dealkylation sites (tertiary alicyclic amines) is 1. The van der Waals surface area contributed by atoms with Gasteiger partial charge in [0.1, 0.15) is 24.9 Å². The minimum absolute atomic E-state index is 0.0383. The number of anilines is 1. The Balaban J connectivity index is 1.73. The van der Waals surface area contributed by atoms with Crippen LogP contribution in [0.15, 0.2) is 24.5 Å². The van der Waals surface area contributed by atoms with Gasteiger partial charge in [-0.15, -0.1) is 0 Å². The minimum atomic E-state index is -1.29. The van der Waals surface area contributed by atoms with Crippen molar-refractivity contribution in [2.45, 2.75) is 122 Å². The second kappa shape index (κ2) is 18.0. The molecule has 290 valence electrons. The normalized spacial score (nSPS) is 16.9. The summed E-state index contributed by atoms with van der Waals surface area (Å²) in [6, 6.07) is 6.18. The van der Waals surface area contributed by atoms with Crippen molar-refractivity contribution < 1.29 is 28.5 Å². The van der Waals surface area contributed by atoms with E-state index in [4.69, 9.17) is 45.4 Å². The van der Waals surface area contributed by atoms with Crippen molar-refractivity contribution in [3.8, 4) is 16.9 Å². The van der Waals surface area contributed by atoms with Crippen LogP contribution >= 0.6 is 11.6 Å². The quantitative estimate of drug-likeness (QED) is 0.0539. The molecule has 0 saturated carbocycles. The smallest absolute Gasteiger partial charge is 0.410 e. The summed E-state index contributed by atoms with van der Waals surface area (Å²) in [5, 5.41) is 5.08. The van der Waals surface area contributed by atoms with Crippen LogP contribution < -0.4 is 9.64 Å². The third-order valence-corrected chi connectivity index (χ3v) is 12.6. The van der Waals surface area contributed by atoms with E-state index >= 15 is 0 Å². The molecule has 3 aromatic heterocycles. The Bertz CT molecular complexity index is 1600. The van der Waals surface area contributed by atoms with Crippen LogP contribution in [0.25, 0.3) is 16.8 Å². The van der Waals surface area contributed by atoms with Crippen molar-refractivity contribution in [2.24, 2.45) is 0 Å². The third kappa shape index (κ3) is 12.4. The lowest BCUT2D eigenvalue weighted by Gasteiger charge is -2.31. The average molecular weight is 778 g/mol. The lowest BCUT2D eigenvalue weighted by Crippen LogP contribution is -2.43. The van der Waals surface area contributed by atoms with Gasteiger partial charge in [0, 0.05) is 77.6 Å². The predicted octanol–water partition coefficient (Wildman–Crippen LogP) is 8.58. The molecular formula is C37H61ClN6O6Si2. The van der Waals surface area contributed by atoms with Gasteiger partial charge in [0.15, 0.2) is 23.3 Å². The molecule has 52 heavy (non-hydrogen) atoms. The number of hydrogen-bond donors (Lipinski definition) is 0. The number of rotatable bonds is 18. The fourth-order valence-corrected chi connectivity index (χ4v) is 7.61. The van der Waals surface area contributed by atoms with Crippen molar-refractivity contribution in [1.82, 2.24) is 24.5 Å². The minimum Gasteiger partial charge on any atom is -0.464 e. The highest BCUT2D eigenvalue weighted by Gasteiger charge is 2.37. The number of carbonyl (C=O) groups is 1. The molecule has 0 aromatic carbocycles. The molecule has 2 unspecified atom stereocenters. The number of carbonyl (C=O) groups excluding carboxylic acids is 1. The summed E-state index contributed by atoms with van der Waals surface area (Å²) in [7, 11) is -1.02. The molecule has 2 atom stereocenters. The number of amides is 1. The molecule has 4 rings (SSSR count). The fourth-order valence-electron chi connectivity index (χ4n) is 5.94. The molecule has 0 bridgehead atoms. The number of nitrogens with zero attached hydrogens (tertiary/aromatic N) is 6. The van der Waals surface area contributed by atoms with Gasteiger partial charge >= 0.3 is 6.09 Å². The number of methoxy groups -OCH3 is 1. The van der Waals surface area contributed by atoms with Crippen LogP contribution in [0.5, 0.6) is 5.75 Å². The lowest BCUT2D eigenvalue weighted by atomic mass is 10.1. The zero-order chi connectivity index (χ0) is 38.3. The van der Waals surface area contributed by atoms with E-state index in [0.717, 1.165) is 54.0 Å². The maximum atomic E-state index is 13.3. The van der Waals surface area contributed by atoms with Crippen LogP contribution in [-0.2, 0) is 25.4 Å². The SMILES string of the molecule is COCOc1cc(-c2cnn3c(N(COCC[Si](C)(C)C)COCC[Si](C)(C)C)cc(CCC4CCC(C)N4C(=O)OC(C)(C)C)nc23)cnc1Cl. The molecule has 0 radical (unpaired) electrons. The van der Waals surface area contributed by atoms with Crippen molar-refractivity contribution in [1.29, 1.82) is 0 Å². The predicted molar refractivity (Wildman–Crippen MR) is 213 cm³/mol. The van der Waals surface area contributed by atoms with Gasteiger partial charge in [0.2, 0.25) is 0 Å². The largest absolute Gasteiger partial charge is 0.464 e. The topological polar surface area (TPSA) is 113 Å². The summed E-state index contributed by atoms with van der Waals surface area (Å²) >= 11 is 6.37. The lowest BCUT2D eigenvalue weighted by molar-refractivity contribution is 0.0153. The van der Waals surface area contributed by atoms with Crippen LogP contribution in [0.4, 0.5) is 10.6 Å². The summed E-state index contributed by atoms with van der Waals surface area (Å²) in [5.41, 5.74) is 2.50. The molecule has 3 aromatic rings. The summed E-state index contributed by atoms with van der Waals surface area (Å²) in [5.74, 6) is 1.22. The number of pyridine rings is 1. The number of ether oxygens (including phenoxy) is 5. The Kier molecular flexibility index (Phi) is 14.6. The fraction of sp³-hybridized carbons (Fsp3) is 0.676. The summed E-state index contributed by atoms with van der Waals surface area (Å²) < 4.78 is 31.1. The van der Waals surface area contributed by atoms with Crippen molar-refractivity contribution >= 4 is 45.3 Å². The Morgan fingerprint density at radius 2 is 1.65 bits per heavy atom. The zero-order valence-electron chi connectivity index (χ0n) is 33.3. The molecule has 0 aliphatic carbocycles. The van der Waals surface area contributed by atoms with E-state index in [9.17, 15) is 4.79 Å². The van der Waals surface area contributed by atoms with Gasteiger partial charge in [0.05, 0.1) is 6.20 Å². The Hall–Kier alpha value is -2.76. The van der Waals surface area contributed by atoms with Crippen LogP contribution in [0.3, 0.4) is 0 Å². The second-order valence-corrected chi connectivity index (χ2v) is 28.8. The molecule has 15 heteroatoms. The molecule has 12 nitrogen and oxygen atoms in total. The van der Waals surface area contributed by atoms with Gasteiger partial charge in [-0.25, -0.2) is 14.8 Å². The first-order chi connectivity index (χ1) is 24.3.